The summed E-state index contributed by atoms with van der Waals surface area (Å²) >= 11 is 0. The second kappa shape index (κ2) is 6.35. The third-order valence-corrected chi connectivity index (χ3v) is 2.70. The summed E-state index contributed by atoms with van der Waals surface area (Å²) in [6.45, 7) is 5.71. The normalized spacial score (nSPS) is 11.1. The van der Waals surface area contributed by atoms with Gasteiger partial charge in [-0.3, -0.25) is 10.3 Å². The predicted molar refractivity (Wildman–Crippen MR) is 68.5 cm³/mol. The fourth-order valence-corrected chi connectivity index (χ4v) is 1.61. The van der Waals surface area contributed by atoms with Gasteiger partial charge in [0.1, 0.15) is 5.82 Å². The summed E-state index contributed by atoms with van der Waals surface area (Å²) in [5.74, 6) is -0.0108. The average molecular weight is 237 g/mol. The van der Waals surface area contributed by atoms with E-state index in [1.165, 1.54) is 12.1 Å². The molecule has 17 heavy (non-hydrogen) atoms. The molecule has 1 aromatic carbocycles. The predicted octanol–water partition coefficient (Wildman–Crippen LogP) is 2.36. The molecule has 0 aromatic heterocycles. The van der Waals surface area contributed by atoms with Crippen LogP contribution in [0.3, 0.4) is 0 Å². The van der Waals surface area contributed by atoms with Crippen molar-refractivity contribution in [2.75, 3.05) is 6.54 Å². The molecule has 0 atom stereocenters. The molecule has 0 bridgehead atoms. The van der Waals surface area contributed by atoms with Crippen LogP contribution in [0.2, 0.25) is 0 Å². The van der Waals surface area contributed by atoms with E-state index in [1.54, 1.807) is 12.1 Å². The van der Waals surface area contributed by atoms with E-state index in [1.807, 2.05) is 0 Å². The van der Waals surface area contributed by atoms with E-state index in [0.29, 0.717) is 12.5 Å². The van der Waals surface area contributed by atoms with Crippen LogP contribution in [0.1, 0.15) is 25.8 Å². The van der Waals surface area contributed by atoms with Crippen molar-refractivity contribution in [2.45, 2.75) is 32.9 Å². The highest BCUT2D eigenvalue weighted by Crippen LogP contribution is 2.09. The zero-order chi connectivity index (χ0) is 12.8. The Kier molecular flexibility index (Phi) is 5.10. The SMILES string of the molecule is CC(C)N(CCC(=N)N)Cc1ccc(F)cc1. The average Bonchev–Trinajstić information content (AvgIpc) is 2.26. The molecule has 0 unspecified atom stereocenters. The monoisotopic (exact) mass is 237 g/mol. The number of benzene rings is 1. The van der Waals surface area contributed by atoms with E-state index in [2.05, 4.69) is 18.7 Å². The first-order valence-corrected chi connectivity index (χ1v) is 5.80. The lowest BCUT2D eigenvalue weighted by atomic mass is 10.1. The molecular weight excluding hydrogens is 217 g/mol. The van der Waals surface area contributed by atoms with Crippen LogP contribution in [0, 0.1) is 11.2 Å². The van der Waals surface area contributed by atoms with Gasteiger partial charge in [-0.1, -0.05) is 12.1 Å². The number of hydrogen-bond donors (Lipinski definition) is 2. The summed E-state index contributed by atoms with van der Waals surface area (Å²) in [7, 11) is 0. The van der Waals surface area contributed by atoms with Crippen LogP contribution in [0.4, 0.5) is 4.39 Å². The molecular formula is C13H20FN3. The number of hydrogen-bond acceptors (Lipinski definition) is 2. The lowest BCUT2D eigenvalue weighted by molar-refractivity contribution is 0.219. The standard InChI is InChI=1S/C13H20FN3/c1-10(2)17(8-7-13(15)16)9-11-3-5-12(14)6-4-11/h3-6,10H,7-9H2,1-2H3,(H3,15,16). The summed E-state index contributed by atoms with van der Waals surface area (Å²) in [5.41, 5.74) is 6.43. The van der Waals surface area contributed by atoms with Crippen molar-refractivity contribution >= 4 is 5.84 Å². The number of nitrogens with zero attached hydrogens (tertiary/aromatic N) is 1. The summed E-state index contributed by atoms with van der Waals surface area (Å²) in [4.78, 5) is 2.22. The van der Waals surface area contributed by atoms with Gasteiger partial charge in [0, 0.05) is 25.6 Å². The molecule has 4 heteroatoms. The second-order valence-electron chi connectivity index (χ2n) is 4.47. The molecule has 0 spiro atoms. The van der Waals surface area contributed by atoms with Gasteiger partial charge in [-0.2, -0.15) is 0 Å². The molecule has 0 aliphatic rings. The van der Waals surface area contributed by atoms with Crippen molar-refractivity contribution in [1.82, 2.24) is 4.90 Å². The summed E-state index contributed by atoms with van der Waals surface area (Å²) in [5, 5.41) is 7.24. The van der Waals surface area contributed by atoms with Gasteiger partial charge in [-0.25, -0.2) is 4.39 Å². The number of halogens is 1. The van der Waals surface area contributed by atoms with Gasteiger partial charge in [0.25, 0.3) is 0 Å². The molecule has 1 aromatic rings. The van der Waals surface area contributed by atoms with Crippen LogP contribution in [0.15, 0.2) is 24.3 Å². The molecule has 0 heterocycles. The zero-order valence-corrected chi connectivity index (χ0v) is 10.4. The smallest absolute Gasteiger partial charge is 0.123 e. The van der Waals surface area contributed by atoms with Crippen molar-refractivity contribution in [1.29, 1.82) is 5.41 Å². The van der Waals surface area contributed by atoms with E-state index >= 15 is 0 Å². The number of nitrogens with one attached hydrogen (secondary N) is 1. The topological polar surface area (TPSA) is 53.1 Å². The van der Waals surface area contributed by atoms with Crippen LogP contribution in [-0.4, -0.2) is 23.3 Å². The first kappa shape index (κ1) is 13.6. The van der Waals surface area contributed by atoms with E-state index < -0.39 is 0 Å². The van der Waals surface area contributed by atoms with Crippen LogP contribution < -0.4 is 5.73 Å². The maximum atomic E-state index is 12.8. The lowest BCUT2D eigenvalue weighted by Gasteiger charge is -2.26. The highest BCUT2D eigenvalue weighted by molar-refractivity contribution is 5.76. The lowest BCUT2D eigenvalue weighted by Crippen LogP contribution is -2.33. The Morgan fingerprint density at radius 1 is 1.35 bits per heavy atom. The highest BCUT2D eigenvalue weighted by Gasteiger charge is 2.10. The molecule has 0 aliphatic carbocycles. The van der Waals surface area contributed by atoms with Crippen molar-refractivity contribution in [2.24, 2.45) is 5.73 Å². The van der Waals surface area contributed by atoms with Gasteiger partial charge >= 0.3 is 0 Å². The van der Waals surface area contributed by atoms with Gasteiger partial charge in [-0.15, -0.1) is 0 Å². The van der Waals surface area contributed by atoms with Gasteiger partial charge in [0.2, 0.25) is 0 Å². The fourth-order valence-electron chi connectivity index (χ4n) is 1.61. The number of nitrogens with two attached hydrogens (primary N) is 1. The molecule has 0 fully saturated rings. The van der Waals surface area contributed by atoms with Gasteiger partial charge < -0.3 is 5.73 Å². The van der Waals surface area contributed by atoms with Crippen LogP contribution in [0.25, 0.3) is 0 Å². The molecule has 3 N–H and O–H groups in total. The molecule has 0 amide bonds. The minimum atomic E-state index is -0.214. The summed E-state index contributed by atoms with van der Waals surface area (Å²) < 4.78 is 12.8. The van der Waals surface area contributed by atoms with Crippen molar-refractivity contribution in [3.63, 3.8) is 0 Å². The molecule has 0 saturated carbocycles. The minimum Gasteiger partial charge on any atom is -0.388 e. The van der Waals surface area contributed by atoms with E-state index in [0.717, 1.165) is 18.7 Å². The molecule has 0 aliphatic heterocycles. The Balaban J connectivity index is 2.60. The van der Waals surface area contributed by atoms with E-state index in [4.69, 9.17) is 11.1 Å². The number of rotatable bonds is 6. The van der Waals surface area contributed by atoms with Gasteiger partial charge in [0.15, 0.2) is 0 Å². The third-order valence-electron chi connectivity index (χ3n) is 2.70. The Hall–Kier alpha value is -1.42. The van der Waals surface area contributed by atoms with Gasteiger partial charge in [0.05, 0.1) is 5.84 Å². The van der Waals surface area contributed by atoms with Crippen molar-refractivity contribution in [3.8, 4) is 0 Å². The third kappa shape index (κ3) is 4.95. The zero-order valence-electron chi connectivity index (χ0n) is 10.4. The van der Waals surface area contributed by atoms with Crippen LogP contribution >= 0.6 is 0 Å². The minimum absolute atomic E-state index is 0.203. The maximum Gasteiger partial charge on any atom is 0.123 e. The van der Waals surface area contributed by atoms with Crippen LogP contribution in [-0.2, 0) is 6.54 Å². The molecule has 3 nitrogen and oxygen atoms in total. The Morgan fingerprint density at radius 3 is 2.41 bits per heavy atom. The first-order valence-electron chi connectivity index (χ1n) is 5.80. The summed E-state index contributed by atoms with van der Waals surface area (Å²) in [6.07, 6.45) is 0.569. The molecule has 0 radical (unpaired) electrons. The molecule has 94 valence electrons. The summed E-state index contributed by atoms with van der Waals surface area (Å²) in [6, 6.07) is 6.90. The first-order chi connectivity index (χ1) is 7.99. The van der Waals surface area contributed by atoms with Crippen molar-refractivity contribution in [3.05, 3.63) is 35.6 Å². The van der Waals surface area contributed by atoms with Crippen LogP contribution in [0.5, 0.6) is 0 Å². The fraction of sp³-hybridized carbons (Fsp3) is 0.462. The number of amidine groups is 1. The van der Waals surface area contributed by atoms with Gasteiger partial charge in [-0.05, 0) is 31.5 Å². The largest absolute Gasteiger partial charge is 0.388 e. The highest BCUT2D eigenvalue weighted by atomic mass is 19.1. The molecule has 1 rings (SSSR count). The Morgan fingerprint density at radius 2 is 1.94 bits per heavy atom. The van der Waals surface area contributed by atoms with E-state index in [9.17, 15) is 4.39 Å². The van der Waals surface area contributed by atoms with E-state index in [-0.39, 0.29) is 11.7 Å². The maximum absolute atomic E-state index is 12.8. The molecule has 0 saturated heterocycles. The quantitative estimate of drug-likeness (QED) is 0.589. The Bertz CT molecular complexity index is 359. The Labute approximate surface area is 102 Å². The van der Waals surface area contributed by atoms with Crippen molar-refractivity contribution < 1.29 is 4.39 Å². The second-order valence-corrected chi connectivity index (χ2v) is 4.47.